The summed E-state index contributed by atoms with van der Waals surface area (Å²) in [4.78, 5) is 8.85. The lowest BCUT2D eigenvalue weighted by atomic mass is 10.2. The first-order valence-corrected chi connectivity index (χ1v) is 6.28. The molecular weight excluding hydrogens is 248 g/mol. The van der Waals surface area contributed by atoms with Crippen LogP contribution in [0.1, 0.15) is 5.56 Å². The molecule has 4 heteroatoms. The number of para-hydroxylation sites is 2. The topological polar surface area (TPSA) is 63.8 Å². The van der Waals surface area contributed by atoms with Crippen LogP contribution in [0, 0.1) is 0 Å². The summed E-state index contributed by atoms with van der Waals surface area (Å²) in [6.07, 6.45) is 1.79. The third-order valence-corrected chi connectivity index (χ3v) is 2.98. The Morgan fingerprint density at radius 1 is 1.00 bits per heavy atom. The van der Waals surface area contributed by atoms with E-state index in [1.807, 2.05) is 48.5 Å². The average Bonchev–Trinajstić information content (AvgIpc) is 2.48. The fraction of sp³-hybridized carbons (Fsp3) is 0. The summed E-state index contributed by atoms with van der Waals surface area (Å²) in [7, 11) is 0. The Morgan fingerprint density at radius 3 is 2.50 bits per heavy atom. The van der Waals surface area contributed by atoms with Crippen LogP contribution in [-0.2, 0) is 0 Å². The molecule has 2 aromatic carbocycles. The fourth-order valence-corrected chi connectivity index (χ4v) is 1.99. The highest BCUT2D eigenvalue weighted by Crippen LogP contribution is 2.23. The summed E-state index contributed by atoms with van der Waals surface area (Å²) in [6.45, 7) is 3.76. The molecule has 3 aromatic rings. The van der Waals surface area contributed by atoms with E-state index in [1.165, 1.54) is 0 Å². The molecule has 3 N–H and O–H groups in total. The van der Waals surface area contributed by atoms with E-state index in [0.29, 0.717) is 11.6 Å². The highest BCUT2D eigenvalue weighted by molar-refractivity contribution is 5.81. The van der Waals surface area contributed by atoms with Crippen LogP contribution in [0.3, 0.4) is 0 Å². The first kappa shape index (κ1) is 12.2. The fourth-order valence-electron chi connectivity index (χ4n) is 1.99. The largest absolute Gasteiger partial charge is 0.381 e. The van der Waals surface area contributed by atoms with Gasteiger partial charge in [-0.15, -0.1) is 0 Å². The van der Waals surface area contributed by atoms with E-state index in [0.717, 1.165) is 22.3 Å². The minimum absolute atomic E-state index is 0.382. The Kier molecular flexibility index (Phi) is 3.05. The lowest BCUT2D eigenvalue weighted by Crippen LogP contribution is -2.02. The number of nitrogen functional groups attached to an aromatic ring is 1. The van der Waals surface area contributed by atoms with Gasteiger partial charge in [-0.3, -0.25) is 0 Å². The second kappa shape index (κ2) is 5.01. The summed E-state index contributed by atoms with van der Waals surface area (Å²) in [6, 6.07) is 15.5. The second-order valence-corrected chi connectivity index (χ2v) is 4.40. The average molecular weight is 262 g/mol. The molecule has 3 rings (SSSR count). The maximum atomic E-state index is 5.95. The van der Waals surface area contributed by atoms with Gasteiger partial charge in [0.05, 0.1) is 11.0 Å². The Bertz CT molecular complexity index is 780. The molecule has 0 unspecified atom stereocenters. The molecule has 0 saturated carbocycles. The van der Waals surface area contributed by atoms with Gasteiger partial charge in [0, 0.05) is 5.69 Å². The van der Waals surface area contributed by atoms with E-state index < -0.39 is 0 Å². The molecule has 0 saturated heterocycles. The zero-order valence-corrected chi connectivity index (χ0v) is 10.9. The number of nitrogens with zero attached hydrogens (tertiary/aromatic N) is 2. The van der Waals surface area contributed by atoms with Crippen molar-refractivity contribution in [2.24, 2.45) is 0 Å². The SMILES string of the molecule is C=Cc1cccc(Nc2nc3ccccc3nc2N)c1. The van der Waals surface area contributed by atoms with Crippen LogP contribution in [0.25, 0.3) is 17.1 Å². The summed E-state index contributed by atoms with van der Waals surface area (Å²) in [5, 5.41) is 3.19. The third-order valence-electron chi connectivity index (χ3n) is 2.98. The van der Waals surface area contributed by atoms with Gasteiger partial charge in [-0.2, -0.15) is 0 Å². The normalized spacial score (nSPS) is 10.4. The number of benzene rings is 2. The van der Waals surface area contributed by atoms with E-state index in [2.05, 4.69) is 21.9 Å². The van der Waals surface area contributed by atoms with E-state index in [9.17, 15) is 0 Å². The van der Waals surface area contributed by atoms with Crippen LogP contribution < -0.4 is 11.1 Å². The van der Waals surface area contributed by atoms with Crippen molar-refractivity contribution in [2.45, 2.75) is 0 Å². The lowest BCUT2D eigenvalue weighted by molar-refractivity contribution is 1.29. The standard InChI is InChI=1S/C16H14N4/c1-2-11-6-5-7-12(10-11)18-16-15(17)19-13-8-3-4-9-14(13)20-16/h2-10H,1H2,(H2,17,19)(H,18,20). The molecule has 0 atom stereocenters. The molecule has 4 nitrogen and oxygen atoms in total. The minimum atomic E-state index is 0.382. The maximum Gasteiger partial charge on any atom is 0.174 e. The predicted octanol–water partition coefficient (Wildman–Crippen LogP) is 3.60. The first-order valence-electron chi connectivity index (χ1n) is 6.28. The highest BCUT2D eigenvalue weighted by Gasteiger charge is 2.06. The highest BCUT2D eigenvalue weighted by atomic mass is 15.1. The lowest BCUT2D eigenvalue weighted by Gasteiger charge is -2.09. The van der Waals surface area contributed by atoms with Crippen molar-refractivity contribution in [3.63, 3.8) is 0 Å². The molecular formula is C16H14N4. The number of hydrogen-bond acceptors (Lipinski definition) is 4. The molecule has 0 spiro atoms. The summed E-state index contributed by atoms with van der Waals surface area (Å²) < 4.78 is 0. The maximum absolute atomic E-state index is 5.95. The van der Waals surface area contributed by atoms with Gasteiger partial charge in [0.25, 0.3) is 0 Å². The second-order valence-electron chi connectivity index (χ2n) is 4.40. The Balaban J connectivity index is 2.01. The van der Waals surface area contributed by atoms with Crippen molar-refractivity contribution in [1.29, 1.82) is 0 Å². The van der Waals surface area contributed by atoms with Crippen molar-refractivity contribution in [3.8, 4) is 0 Å². The third kappa shape index (κ3) is 2.31. The van der Waals surface area contributed by atoms with Crippen molar-refractivity contribution in [2.75, 3.05) is 11.1 Å². The van der Waals surface area contributed by atoms with E-state index in [1.54, 1.807) is 6.08 Å². The molecule has 0 fully saturated rings. The summed E-state index contributed by atoms with van der Waals surface area (Å²) in [5.74, 6) is 0.942. The van der Waals surface area contributed by atoms with Gasteiger partial charge >= 0.3 is 0 Å². The molecule has 20 heavy (non-hydrogen) atoms. The molecule has 1 aromatic heterocycles. The summed E-state index contributed by atoms with van der Waals surface area (Å²) in [5.41, 5.74) is 9.48. The van der Waals surface area contributed by atoms with Crippen molar-refractivity contribution in [1.82, 2.24) is 9.97 Å². The van der Waals surface area contributed by atoms with Crippen molar-refractivity contribution < 1.29 is 0 Å². The molecule has 0 aliphatic rings. The zero-order chi connectivity index (χ0) is 13.9. The molecule has 1 heterocycles. The quantitative estimate of drug-likeness (QED) is 0.757. The van der Waals surface area contributed by atoms with Gasteiger partial charge in [-0.05, 0) is 29.8 Å². The Labute approximate surface area is 117 Å². The summed E-state index contributed by atoms with van der Waals surface area (Å²) >= 11 is 0. The molecule has 0 radical (unpaired) electrons. The Morgan fingerprint density at radius 2 is 1.75 bits per heavy atom. The molecule has 0 aliphatic carbocycles. The predicted molar refractivity (Wildman–Crippen MR) is 83.8 cm³/mol. The van der Waals surface area contributed by atoms with Gasteiger partial charge in [-0.25, -0.2) is 9.97 Å². The van der Waals surface area contributed by atoms with Crippen molar-refractivity contribution in [3.05, 3.63) is 60.7 Å². The number of anilines is 3. The number of fused-ring (bicyclic) bond motifs is 1. The van der Waals surface area contributed by atoms with Crippen LogP contribution in [0.2, 0.25) is 0 Å². The van der Waals surface area contributed by atoms with Crippen LogP contribution in [0.15, 0.2) is 55.1 Å². The minimum Gasteiger partial charge on any atom is -0.381 e. The number of rotatable bonds is 3. The molecule has 0 aliphatic heterocycles. The zero-order valence-electron chi connectivity index (χ0n) is 10.9. The van der Waals surface area contributed by atoms with Gasteiger partial charge in [-0.1, -0.05) is 36.9 Å². The number of hydrogen-bond donors (Lipinski definition) is 2. The number of nitrogens with one attached hydrogen (secondary N) is 1. The number of nitrogens with two attached hydrogens (primary N) is 1. The van der Waals surface area contributed by atoms with Crippen LogP contribution in [0.4, 0.5) is 17.3 Å². The molecule has 0 bridgehead atoms. The first-order chi connectivity index (χ1) is 9.76. The van der Waals surface area contributed by atoms with Gasteiger partial charge in [0.1, 0.15) is 0 Å². The van der Waals surface area contributed by atoms with Gasteiger partial charge < -0.3 is 11.1 Å². The smallest absolute Gasteiger partial charge is 0.174 e. The van der Waals surface area contributed by atoms with Crippen LogP contribution in [0.5, 0.6) is 0 Å². The Hall–Kier alpha value is -2.88. The van der Waals surface area contributed by atoms with E-state index in [-0.39, 0.29) is 0 Å². The van der Waals surface area contributed by atoms with E-state index >= 15 is 0 Å². The monoisotopic (exact) mass is 262 g/mol. The van der Waals surface area contributed by atoms with Crippen molar-refractivity contribution >= 4 is 34.4 Å². The number of aromatic nitrogens is 2. The van der Waals surface area contributed by atoms with Crippen LogP contribution >= 0.6 is 0 Å². The van der Waals surface area contributed by atoms with E-state index in [4.69, 9.17) is 5.73 Å². The molecule has 0 amide bonds. The van der Waals surface area contributed by atoms with Gasteiger partial charge in [0.15, 0.2) is 11.6 Å². The van der Waals surface area contributed by atoms with Crippen LogP contribution in [-0.4, -0.2) is 9.97 Å². The van der Waals surface area contributed by atoms with Gasteiger partial charge in [0.2, 0.25) is 0 Å². The molecule has 98 valence electrons.